The van der Waals surface area contributed by atoms with Crippen molar-refractivity contribution in [2.75, 3.05) is 13.2 Å². The number of aliphatic hydroxyl groups is 1. The molecule has 0 spiro atoms. The Bertz CT molecular complexity index is 1220. The summed E-state index contributed by atoms with van der Waals surface area (Å²) in [7, 11) is 1.96. The van der Waals surface area contributed by atoms with Crippen LogP contribution in [0.25, 0.3) is 32.9 Å². The first-order valence-electron chi connectivity index (χ1n) is 8.77. The van der Waals surface area contributed by atoms with Gasteiger partial charge in [0.1, 0.15) is 36.7 Å². The molecule has 1 aliphatic heterocycles. The number of halogens is 1. The minimum atomic E-state index is -0.301. The van der Waals surface area contributed by atoms with Crippen LogP contribution in [0.15, 0.2) is 54.6 Å². The maximum absolute atomic E-state index is 14.0. The Hall–Kier alpha value is -3.18. The molecule has 0 saturated carbocycles. The zero-order valence-electron chi connectivity index (χ0n) is 14.7. The largest absolute Gasteiger partial charge is 0.491 e. The molecule has 0 radical (unpaired) electrons. The van der Waals surface area contributed by atoms with Crippen LogP contribution in [0.1, 0.15) is 0 Å². The summed E-state index contributed by atoms with van der Waals surface area (Å²) >= 11 is 0. The van der Waals surface area contributed by atoms with E-state index in [1.807, 2.05) is 48.0 Å². The molecule has 0 saturated heterocycles. The quantitative estimate of drug-likeness (QED) is 0.388. The predicted octanol–water partition coefficient (Wildman–Crippen LogP) is 4.10. The smallest absolute Gasteiger partial charge is 0.228 e. The van der Waals surface area contributed by atoms with Crippen molar-refractivity contribution in [2.24, 2.45) is 7.05 Å². The van der Waals surface area contributed by atoms with Crippen LogP contribution in [-0.2, 0) is 7.05 Å². The first-order valence-corrected chi connectivity index (χ1v) is 8.77. The van der Waals surface area contributed by atoms with E-state index in [1.54, 1.807) is 6.07 Å². The summed E-state index contributed by atoms with van der Waals surface area (Å²) < 4.78 is 27.7. The maximum atomic E-state index is 14.0. The molecule has 0 atom stereocenters. The van der Waals surface area contributed by atoms with Gasteiger partial charge in [0, 0.05) is 5.39 Å². The lowest BCUT2D eigenvalue weighted by Gasteiger charge is -2.20. The van der Waals surface area contributed by atoms with E-state index in [2.05, 4.69) is 0 Å². The highest BCUT2D eigenvalue weighted by molar-refractivity contribution is 6.12. The fourth-order valence-electron chi connectivity index (χ4n) is 3.85. The van der Waals surface area contributed by atoms with E-state index in [0.29, 0.717) is 11.5 Å². The van der Waals surface area contributed by atoms with Crippen molar-refractivity contribution in [2.45, 2.75) is 0 Å². The molecule has 0 fully saturated rings. The molecule has 134 valence electrons. The average Bonchev–Trinajstić information content (AvgIpc) is 2.69. The Labute approximate surface area is 155 Å². The second-order valence-corrected chi connectivity index (χ2v) is 6.58. The molecule has 0 amide bonds. The van der Waals surface area contributed by atoms with Gasteiger partial charge < -0.3 is 14.6 Å². The predicted molar refractivity (Wildman–Crippen MR) is 101 cm³/mol. The number of hydrogen-bond donors (Lipinski definition) is 1. The van der Waals surface area contributed by atoms with Gasteiger partial charge in [0.05, 0.1) is 29.0 Å². The molecule has 2 heterocycles. The third kappa shape index (κ3) is 2.35. The van der Waals surface area contributed by atoms with Crippen LogP contribution in [0.5, 0.6) is 17.2 Å². The van der Waals surface area contributed by atoms with Gasteiger partial charge in [-0.15, -0.1) is 0 Å². The first-order chi connectivity index (χ1) is 13.2. The Kier molecular flexibility index (Phi) is 3.52. The van der Waals surface area contributed by atoms with E-state index >= 15 is 0 Å². The van der Waals surface area contributed by atoms with E-state index in [-0.39, 0.29) is 19.0 Å². The second kappa shape index (κ2) is 5.93. The lowest BCUT2D eigenvalue weighted by molar-refractivity contribution is -0.632. The highest BCUT2D eigenvalue weighted by Gasteiger charge is 2.30. The maximum Gasteiger partial charge on any atom is 0.228 e. The third-order valence-corrected chi connectivity index (χ3v) is 5.00. The second-order valence-electron chi connectivity index (χ2n) is 6.58. The van der Waals surface area contributed by atoms with E-state index in [4.69, 9.17) is 14.6 Å². The molecule has 0 aliphatic carbocycles. The number of nitrogens with zero attached hydrogens (tertiary/aromatic N) is 1. The number of benzene rings is 3. The molecule has 5 rings (SSSR count). The molecule has 0 bridgehead atoms. The number of fused-ring (bicyclic) bond motifs is 4. The van der Waals surface area contributed by atoms with Gasteiger partial charge in [-0.3, -0.25) is 0 Å². The van der Waals surface area contributed by atoms with Crippen molar-refractivity contribution in [1.82, 2.24) is 0 Å². The summed E-state index contributed by atoms with van der Waals surface area (Å²) in [4.78, 5) is 0. The molecular formula is C22H17FNO3+. The van der Waals surface area contributed by atoms with Crippen molar-refractivity contribution in [1.29, 1.82) is 0 Å². The lowest BCUT2D eigenvalue weighted by Crippen LogP contribution is -2.33. The molecular weight excluding hydrogens is 345 g/mol. The van der Waals surface area contributed by atoms with Crippen LogP contribution >= 0.6 is 0 Å². The average molecular weight is 362 g/mol. The first kappa shape index (κ1) is 16.0. The molecule has 3 aromatic carbocycles. The number of hydrogen-bond acceptors (Lipinski definition) is 3. The minimum Gasteiger partial charge on any atom is -0.491 e. The monoisotopic (exact) mass is 362 g/mol. The molecule has 1 aliphatic rings. The van der Waals surface area contributed by atoms with E-state index in [9.17, 15) is 4.39 Å². The summed E-state index contributed by atoms with van der Waals surface area (Å²) in [5.41, 5.74) is 2.60. The molecule has 5 heteroatoms. The summed E-state index contributed by atoms with van der Waals surface area (Å²) in [5, 5.41) is 12.1. The van der Waals surface area contributed by atoms with Gasteiger partial charge >= 0.3 is 0 Å². The summed E-state index contributed by atoms with van der Waals surface area (Å²) in [6.07, 6.45) is 0. The zero-order chi connectivity index (χ0) is 18.5. The molecule has 4 nitrogen and oxygen atoms in total. The van der Waals surface area contributed by atoms with Gasteiger partial charge in [-0.25, -0.2) is 4.39 Å². The summed E-state index contributed by atoms with van der Waals surface area (Å²) in [6.45, 7) is 0.197. The number of aromatic nitrogens is 1. The van der Waals surface area contributed by atoms with E-state index in [1.165, 1.54) is 12.1 Å². The van der Waals surface area contributed by atoms with Crippen LogP contribution in [0, 0.1) is 5.82 Å². The Balaban J connectivity index is 1.90. The van der Waals surface area contributed by atoms with Crippen LogP contribution in [-0.4, -0.2) is 18.3 Å². The van der Waals surface area contributed by atoms with Crippen LogP contribution in [0.4, 0.5) is 4.39 Å². The van der Waals surface area contributed by atoms with Crippen molar-refractivity contribution >= 4 is 21.7 Å². The Morgan fingerprint density at radius 3 is 2.78 bits per heavy atom. The molecule has 4 aromatic rings. The third-order valence-electron chi connectivity index (χ3n) is 5.00. The highest BCUT2D eigenvalue weighted by atomic mass is 19.1. The van der Waals surface area contributed by atoms with Crippen molar-refractivity contribution < 1.29 is 23.5 Å². The van der Waals surface area contributed by atoms with Crippen LogP contribution in [0.3, 0.4) is 0 Å². The topological polar surface area (TPSA) is 42.6 Å². The Morgan fingerprint density at radius 2 is 1.93 bits per heavy atom. The molecule has 1 N–H and O–H groups in total. The number of ether oxygens (including phenoxy) is 2. The summed E-state index contributed by atoms with van der Waals surface area (Å²) in [6, 6.07) is 16.4. The normalized spacial score (nSPS) is 12.1. The SMILES string of the molecule is C[n+]1c2c3c(cccc3c3ccc(OCCO)cc31)Oc1ccc(F)cc1-2. The molecule has 27 heavy (non-hydrogen) atoms. The van der Waals surface area contributed by atoms with Crippen LogP contribution in [0.2, 0.25) is 0 Å². The minimum absolute atomic E-state index is 0.0412. The standard InChI is InChI=1S/C22H17FNO3/c1-24-18-12-14(26-10-9-25)6-7-15(18)16-3-2-4-20-21(16)22(24)17-11-13(23)5-8-19(17)27-20/h2-8,11-12,25H,9-10H2,1H3/q+1. The number of aliphatic hydroxyl groups excluding tert-OH is 1. The van der Waals surface area contributed by atoms with E-state index < -0.39 is 0 Å². The Morgan fingerprint density at radius 1 is 1.04 bits per heavy atom. The van der Waals surface area contributed by atoms with Crippen molar-refractivity contribution in [3.05, 3.63) is 60.4 Å². The number of pyridine rings is 1. The van der Waals surface area contributed by atoms with Gasteiger partial charge in [-0.2, -0.15) is 4.57 Å². The van der Waals surface area contributed by atoms with Gasteiger partial charge in [-0.05, 0) is 36.4 Å². The molecule has 0 unspecified atom stereocenters. The lowest BCUT2D eigenvalue weighted by atomic mass is 9.96. The van der Waals surface area contributed by atoms with Gasteiger partial charge in [0.15, 0.2) is 0 Å². The number of aryl methyl sites for hydroxylation is 1. The highest BCUT2D eigenvalue weighted by Crippen LogP contribution is 2.46. The number of rotatable bonds is 3. The molecule has 1 aromatic heterocycles. The van der Waals surface area contributed by atoms with E-state index in [0.717, 1.165) is 38.7 Å². The summed E-state index contributed by atoms with van der Waals surface area (Å²) in [5.74, 6) is 1.78. The van der Waals surface area contributed by atoms with Gasteiger partial charge in [-0.1, -0.05) is 12.1 Å². The van der Waals surface area contributed by atoms with Gasteiger partial charge in [0.25, 0.3) is 0 Å². The van der Waals surface area contributed by atoms with Crippen molar-refractivity contribution in [3.8, 4) is 28.5 Å². The van der Waals surface area contributed by atoms with Crippen LogP contribution < -0.4 is 14.0 Å². The van der Waals surface area contributed by atoms with Gasteiger partial charge in [0.2, 0.25) is 11.2 Å². The fraction of sp³-hybridized carbons (Fsp3) is 0.136. The zero-order valence-corrected chi connectivity index (χ0v) is 14.7. The fourth-order valence-corrected chi connectivity index (χ4v) is 3.85. The van der Waals surface area contributed by atoms with Crippen molar-refractivity contribution in [3.63, 3.8) is 0 Å².